The Kier molecular flexibility index (Phi) is 4.77. The first-order chi connectivity index (χ1) is 9.97. The van der Waals surface area contributed by atoms with Crippen molar-refractivity contribution >= 4 is 12.2 Å². The average Bonchev–Trinajstić information content (AvgIpc) is 2.75. The van der Waals surface area contributed by atoms with Crippen molar-refractivity contribution in [1.82, 2.24) is 19.3 Å². The normalized spacial score (nSPS) is 11.0. The van der Waals surface area contributed by atoms with Crippen LogP contribution in [0.1, 0.15) is 37.4 Å². The van der Waals surface area contributed by atoms with Gasteiger partial charge in [0, 0.05) is 19.3 Å². The first-order valence-corrected chi connectivity index (χ1v) is 7.71. The lowest BCUT2D eigenvalue weighted by atomic mass is 10.1. The Bertz CT molecular complexity index is 754. The van der Waals surface area contributed by atoms with Crippen molar-refractivity contribution in [2.75, 3.05) is 0 Å². The topological polar surface area (TPSA) is 55.6 Å². The monoisotopic (exact) mass is 306 g/mol. The summed E-state index contributed by atoms with van der Waals surface area (Å²) < 4.78 is 4.10. The lowest BCUT2D eigenvalue weighted by Crippen LogP contribution is -2.25. The van der Waals surface area contributed by atoms with Crippen molar-refractivity contribution in [3.63, 3.8) is 0 Å². The van der Waals surface area contributed by atoms with Crippen LogP contribution in [0, 0.1) is 18.6 Å². The molecule has 0 aliphatic rings. The van der Waals surface area contributed by atoms with Crippen LogP contribution in [-0.4, -0.2) is 19.3 Å². The van der Waals surface area contributed by atoms with Crippen molar-refractivity contribution in [2.45, 2.75) is 46.6 Å². The smallest absolute Gasteiger partial charge is 0.262 e. The van der Waals surface area contributed by atoms with Crippen LogP contribution >= 0.6 is 12.2 Å². The molecular weight excluding hydrogens is 284 g/mol. The van der Waals surface area contributed by atoms with Crippen LogP contribution in [0.4, 0.5) is 0 Å². The van der Waals surface area contributed by atoms with Gasteiger partial charge in [0.15, 0.2) is 10.6 Å². The number of hydrogen-bond acceptors (Lipinski definition) is 3. The fourth-order valence-corrected chi connectivity index (χ4v) is 2.70. The predicted octanol–water partition coefficient (Wildman–Crippen LogP) is 3.11. The van der Waals surface area contributed by atoms with Gasteiger partial charge in [0.1, 0.15) is 0 Å². The van der Waals surface area contributed by atoms with Crippen LogP contribution in [0.25, 0.3) is 11.4 Å². The largest absolute Gasteiger partial charge is 0.312 e. The van der Waals surface area contributed by atoms with Crippen LogP contribution in [0.5, 0.6) is 0 Å². The Labute approximate surface area is 129 Å². The molecule has 6 heteroatoms. The molecule has 1 N–H and O–H groups in total. The highest BCUT2D eigenvalue weighted by Gasteiger charge is 2.16. The number of H-pyrrole nitrogens is 1. The van der Waals surface area contributed by atoms with E-state index in [1.807, 2.05) is 31.5 Å². The highest BCUT2D eigenvalue weighted by molar-refractivity contribution is 7.71. The van der Waals surface area contributed by atoms with E-state index in [9.17, 15) is 4.79 Å². The van der Waals surface area contributed by atoms with Crippen molar-refractivity contribution in [1.29, 1.82) is 0 Å². The van der Waals surface area contributed by atoms with E-state index < -0.39 is 0 Å². The van der Waals surface area contributed by atoms with Crippen molar-refractivity contribution in [3.05, 3.63) is 32.4 Å². The minimum absolute atomic E-state index is 0.0145. The van der Waals surface area contributed by atoms with E-state index in [4.69, 9.17) is 12.2 Å². The molecule has 21 heavy (non-hydrogen) atoms. The summed E-state index contributed by atoms with van der Waals surface area (Å²) in [5.74, 6) is 0.603. The molecule has 0 unspecified atom stereocenters. The predicted molar refractivity (Wildman–Crippen MR) is 87.1 cm³/mol. The van der Waals surface area contributed by atoms with Crippen molar-refractivity contribution < 1.29 is 0 Å². The summed E-state index contributed by atoms with van der Waals surface area (Å²) in [4.78, 5) is 12.8. The molecule has 0 spiro atoms. The van der Waals surface area contributed by atoms with Crippen LogP contribution < -0.4 is 5.56 Å². The third kappa shape index (κ3) is 3.00. The molecule has 0 radical (unpaired) electrons. The SMILES string of the molecule is CCCCCn1c(C)cc(C)c(-c2n[nH]c(=S)n2C)c1=O. The summed E-state index contributed by atoms with van der Waals surface area (Å²) in [5, 5.41) is 6.95. The molecule has 0 amide bonds. The number of unbranched alkanes of at least 4 members (excludes halogenated alkanes) is 2. The fourth-order valence-electron chi connectivity index (χ4n) is 2.57. The summed E-state index contributed by atoms with van der Waals surface area (Å²) >= 11 is 5.14. The summed E-state index contributed by atoms with van der Waals surface area (Å²) in [6, 6.07) is 2.04. The van der Waals surface area contributed by atoms with Crippen LogP contribution in [0.2, 0.25) is 0 Å². The van der Waals surface area contributed by atoms with Gasteiger partial charge in [-0.1, -0.05) is 19.8 Å². The van der Waals surface area contributed by atoms with E-state index in [1.54, 1.807) is 4.57 Å². The third-order valence-electron chi connectivity index (χ3n) is 3.79. The molecule has 5 nitrogen and oxygen atoms in total. The number of pyridine rings is 1. The van der Waals surface area contributed by atoms with Crippen molar-refractivity contribution in [3.8, 4) is 11.4 Å². The number of hydrogen-bond donors (Lipinski definition) is 1. The number of aromatic amines is 1. The Morgan fingerprint density at radius 1 is 1.33 bits per heavy atom. The Hall–Kier alpha value is -1.69. The summed E-state index contributed by atoms with van der Waals surface area (Å²) in [5.41, 5.74) is 2.57. The molecular formula is C15H22N4OS. The maximum Gasteiger partial charge on any atom is 0.262 e. The van der Waals surface area contributed by atoms with Gasteiger partial charge in [-0.15, -0.1) is 0 Å². The zero-order valence-corrected chi connectivity index (χ0v) is 13.9. The average molecular weight is 306 g/mol. The molecule has 0 aliphatic heterocycles. The maximum atomic E-state index is 12.8. The second-order valence-electron chi connectivity index (χ2n) is 5.42. The number of nitrogens with one attached hydrogen (secondary N) is 1. The number of rotatable bonds is 5. The van der Waals surface area contributed by atoms with Gasteiger partial charge in [-0.05, 0) is 44.1 Å². The van der Waals surface area contributed by atoms with Gasteiger partial charge in [-0.3, -0.25) is 9.89 Å². The molecule has 114 valence electrons. The molecule has 2 heterocycles. The third-order valence-corrected chi connectivity index (χ3v) is 4.16. The maximum absolute atomic E-state index is 12.8. The molecule has 0 atom stereocenters. The van der Waals surface area contributed by atoms with E-state index in [0.717, 1.165) is 37.1 Å². The van der Waals surface area contributed by atoms with E-state index in [0.29, 0.717) is 16.2 Å². The minimum atomic E-state index is 0.0145. The molecule has 0 bridgehead atoms. The van der Waals surface area contributed by atoms with E-state index >= 15 is 0 Å². The zero-order valence-electron chi connectivity index (χ0n) is 13.1. The summed E-state index contributed by atoms with van der Waals surface area (Å²) in [6.45, 7) is 6.83. The molecule has 0 saturated carbocycles. The number of aryl methyl sites for hydroxylation is 2. The first-order valence-electron chi connectivity index (χ1n) is 7.30. The standard InChI is InChI=1S/C15H22N4OS/c1-5-6-7-8-19-11(3)9-10(2)12(14(19)20)13-16-17-15(21)18(13)4/h9H,5-8H2,1-4H3,(H,17,21). The summed E-state index contributed by atoms with van der Waals surface area (Å²) in [7, 11) is 1.82. The highest BCUT2D eigenvalue weighted by Crippen LogP contribution is 2.18. The van der Waals surface area contributed by atoms with Gasteiger partial charge in [0.25, 0.3) is 5.56 Å². The Morgan fingerprint density at radius 3 is 2.62 bits per heavy atom. The number of nitrogens with zero attached hydrogens (tertiary/aromatic N) is 3. The molecule has 2 aromatic heterocycles. The first kappa shape index (κ1) is 15.7. The van der Waals surface area contributed by atoms with Gasteiger partial charge < -0.3 is 9.13 Å². The van der Waals surface area contributed by atoms with Crippen LogP contribution in [0.3, 0.4) is 0 Å². The highest BCUT2D eigenvalue weighted by atomic mass is 32.1. The fraction of sp³-hybridized carbons (Fsp3) is 0.533. The van der Waals surface area contributed by atoms with Crippen LogP contribution in [0.15, 0.2) is 10.9 Å². The quantitative estimate of drug-likeness (QED) is 0.682. The zero-order chi connectivity index (χ0) is 15.6. The molecule has 0 aromatic carbocycles. The van der Waals surface area contributed by atoms with Gasteiger partial charge in [0.05, 0.1) is 5.56 Å². The van der Waals surface area contributed by atoms with Crippen molar-refractivity contribution in [2.24, 2.45) is 7.05 Å². The molecule has 0 fully saturated rings. The molecule has 2 rings (SSSR count). The van der Waals surface area contributed by atoms with Gasteiger partial charge in [-0.25, -0.2) is 0 Å². The molecule has 2 aromatic rings. The Balaban J connectivity index is 2.57. The lowest BCUT2D eigenvalue weighted by molar-refractivity contribution is 0.576. The van der Waals surface area contributed by atoms with Gasteiger partial charge >= 0.3 is 0 Å². The minimum Gasteiger partial charge on any atom is -0.312 e. The van der Waals surface area contributed by atoms with E-state index in [2.05, 4.69) is 17.1 Å². The molecule has 0 saturated heterocycles. The van der Waals surface area contributed by atoms with E-state index in [1.165, 1.54) is 0 Å². The van der Waals surface area contributed by atoms with Crippen LogP contribution in [-0.2, 0) is 13.6 Å². The van der Waals surface area contributed by atoms with E-state index in [-0.39, 0.29) is 5.56 Å². The second-order valence-corrected chi connectivity index (χ2v) is 5.81. The van der Waals surface area contributed by atoms with Gasteiger partial charge in [-0.2, -0.15) is 5.10 Å². The van der Waals surface area contributed by atoms with Gasteiger partial charge in [0.2, 0.25) is 0 Å². The summed E-state index contributed by atoms with van der Waals surface area (Å²) in [6.07, 6.45) is 3.28. The molecule has 0 aliphatic carbocycles. The Morgan fingerprint density at radius 2 is 2.05 bits per heavy atom. The lowest BCUT2D eigenvalue weighted by Gasteiger charge is -2.14. The number of aromatic nitrogens is 4. The second kappa shape index (κ2) is 6.39.